The van der Waals surface area contributed by atoms with Crippen LogP contribution in [0.15, 0.2) is 24.3 Å². The van der Waals surface area contributed by atoms with E-state index in [0.29, 0.717) is 0 Å². The zero-order valence-electron chi connectivity index (χ0n) is 10.6. The van der Waals surface area contributed by atoms with Crippen molar-refractivity contribution in [2.75, 3.05) is 6.54 Å². The van der Waals surface area contributed by atoms with Crippen molar-refractivity contribution in [1.29, 1.82) is 0 Å². The molecule has 0 saturated carbocycles. The molecule has 0 saturated heterocycles. The predicted molar refractivity (Wildman–Crippen MR) is 69.7 cm³/mol. The highest BCUT2D eigenvalue weighted by Crippen LogP contribution is 2.26. The van der Waals surface area contributed by atoms with Gasteiger partial charge in [-0.1, -0.05) is 19.1 Å². The van der Waals surface area contributed by atoms with Crippen molar-refractivity contribution in [2.24, 2.45) is 0 Å². The monoisotopic (exact) mass is 234 g/mol. The summed E-state index contributed by atoms with van der Waals surface area (Å²) in [7, 11) is 0. The fourth-order valence-corrected chi connectivity index (χ4v) is 2.27. The lowest BCUT2D eigenvalue weighted by molar-refractivity contribution is 0.555. The molecule has 0 aliphatic heterocycles. The van der Waals surface area contributed by atoms with E-state index in [2.05, 4.69) is 36.7 Å². The number of hydrogen-bond donors (Lipinski definition) is 1. The third-order valence-electron chi connectivity index (χ3n) is 2.96. The third-order valence-corrected chi connectivity index (χ3v) is 2.96. The zero-order valence-corrected chi connectivity index (χ0v) is 10.6. The quantitative estimate of drug-likeness (QED) is 0.857. The molecule has 1 aromatic heterocycles. The highest BCUT2D eigenvalue weighted by molar-refractivity contribution is 5.82. The van der Waals surface area contributed by atoms with E-state index in [4.69, 9.17) is 0 Å². The fraction of sp³-hybridized carbons (Fsp3) is 0.429. The lowest BCUT2D eigenvalue weighted by Crippen LogP contribution is -2.16. The SMILES string of the molecule is CCNCc1cc2cccc(F)c2n1C(C)C. The predicted octanol–water partition coefficient (Wildman–Crippen LogP) is 3.47. The highest BCUT2D eigenvalue weighted by Gasteiger charge is 2.13. The van der Waals surface area contributed by atoms with Gasteiger partial charge in [0.1, 0.15) is 5.82 Å². The smallest absolute Gasteiger partial charge is 0.147 e. The minimum absolute atomic E-state index is 0.140. The Morgan fingerprint density at radius 3 is 2.76 bits per heavy atom. The Morgan fingerprint density at radius 2 is 2.12 bits per heavy atom. The topological polar surface area (TPSA) is 17.0 Å². The number of benzene rings is 1. The van der Waals surface area contributed by atoms with Crippen LogP contribution in [0.1, 0.15) is 32.5 Å². The van der Waals surface area contributed by atoms with Gasteiger partial charge in [0.15, 0.2) is 0 Å². The second-order valence-corrected chi connectivity index (χ2v) is 4.56. The molecule has 0 unspecified atom stereocenters. The van der Waals surface area contributed by atoms with Crippen molar-refractivity contribution < 1.29 is 4.39 Å². The molecule has 92 valence electrons. The lowest BCUT2D eigenvalue weighted by Gasteiger charge is -2.15. The van der Waals surface area contributed by atoms with Gasteiger partial charge < -0.3 is 9.88 Å². The van der Waals surface area contributed by atoms with Gasteiger partial charge in [-0.05, 0) is 32.5 Å². The van der Waals surface area contributed by atoms with Gasteiger partial charge in [0.25, 0.3) is 0 Å². The number of fused-ring (bicyclic) bond motifs is 1. The number of halogens is 1. The Hall–Kier alpha value is -1.35. The molecule has 1 N–H and O–H groups in total. The molecule has 17 heavy (non-hydrogen) atoms. The van der Waals surface area contributed by atoms with Crippen LogP contribution in [0.4, 0.5) is 4.39 Å². The van der Waals surface area contributed by atoms with Crippen LogP contribution in [0.5, 0.6) is 0 Å². The second-order valence-electron chi connectivity index (χ2n) is 4.56. The summed E-state index contributed by atoms with van der Waals surface area (Å²) in [4.78, 5) is 0. The molecule has 0 spiro atoms. The lowest BCUT2D eigenvalue weighted by atomic mass is 10.2. The summed E-state index contributed by atoms with van der Waals surface area (Å²) in [6, 6.07) is 7.59. The summed E-state index contributed by atoms with van der Waals surface area (Å²) >= 11 is 0. The molecule has 0 fully saturated rings. The minimum atomic E-state index is -0.140. The first kappa shape index (κ1) is 12.1. The highest BCUT2D eigenvalue weighted by atomic mass is 19.1. The van der Waals surface area contributed by atoms with Crippen LogP contribution >= 0.6 is 0 Å². The fourth-order valence-electron chi connectivity index (χ4n) is 2.27. The van der Waals surface area contributed by atoms with Crippen LogP contribution in [-0.2, 0) is 6.54 Å². The molecule has 0 amide bonds. The van der Waals surface area contributed by atoms with Gasteiger partial charge in [-0.15, -0.1) is 0 Å². The Labute approximate surface area is 101 Å². The van der Waals surface area contributed by atoms with Gasteiger partial charge in [-0.25, -0.2) is 4.39 Å². The van der Waals surface area contributed by atoms with E-state index in [0.717, 1.165) is 29.7 Å². The Kier molecular flexibility index (Phi) is 3.48. The maximum Gasteiger partial charge on any atom is 0.147 e. The molecule has 2 rings (SSSR count). The Balaban J connectivity index is 2.59. The van der Waals surface area contributed by atoms with Crippen molar-refractivity contribution in [1.82, 2.24) is 9.88 Å². The normalized spacial score (nSPS) is 11.6. The molecule has 2 nitrogen and oxygen atoms in total. The summed E-state index contributed by atoms with van der Waals surface area (Å²) < 4.78 is 16.0. The molecule has 0 bridgehead atoms. The van der Waals surface area contributed by atoms with Crippen LogP contribution in [0.25, 0.3) is 10.9 Å². The van der Waals surface area contributed by atoms with Crippen molar-refractivity contribution in [3.8, 4) is 0 Å². The molecule has 0 aliphatic carbocycles. The van der Waals surface area contributed by atoms with Crippen LogP contribution in [0.2, 0.25) is 0 Å². The molecule has 2 aromatic rings. The number of rotatable bonds is 4. The summed E-state index contributed by atoms with van der Waals surface area (Å²) in [5.74, 6) is -0.140. The van der Waals surface area contributed by atoms with Crippen LogP contribution in [0.3, 0.4) is 0 Å². The largest absolute Gasteiger partial charge is 0.338 e. The molecule has 0 radical (unpaired) electrons. The van der Waals surface area contributed by atoms with E-state index in [-0.39, 0.29) is 11.9 Å². The van der Waals surface area contributed by atoms with Crippen molar-refractivity contribution >= 4 is 10.9 Å². The van der Waals surface area contributed by atoms with Crippen LogP contribution < -0.4 is 5.32 Å². The number of nitrogens with zero attached hydrogens (tertiary/aromatic N) is 1. The van der Waals surface area contributed by atoms with Gasteiger partial charge in [0.2, 0.25) is 0 Å². The van der Waals surface area contributed by atoms with Gasteiger partial charge in [-0.3, -0.25) is 0 Å². The molecular weight excluding hydrogens is 215 g/mol. The summed E-state index contributed by atoms with van der Waals surface area (Å²) in [5.41, 5.74) is 1.86. The molecule has 0 aliphatic rings. The summed E-state index contributed by atoms with van der Waals surface area (Å²) in [5, 5.41) is 4.28. The van der Waals surface area contributed by atoms with Gasteiger partial charge in [-0.2, -0.15) is 0 Å². The third kappa shape index (κ3) is 2.20. The van der Waals surface area contributed by atoms with E-state index in [9.17, 15) is 4.39 Å². The first-order valence-electron chi connectivity index (χ1n) is 6.14. The van der Waals surface area contributed by atoms with E-state index in [1.807, 2.05) is 6.07 Å². The standard InChI is InChI=1S/C14H19FN2/c1-4-16-9-12-8-11-6-5-7-13(15)14(11)17(12)10(2)3/h5-8,10,16H,4,9H2,1-3H3. The number of nitrogens with one attached hydrogen (secondary N) is 1. The van der Waals surface area contributed by atoms with Gasteiger partial charge >= 0.3 is 0 Å². The Bertz CT molecular complexity index is 514. The van der Waals surface area contributed by atoms with Crippen LogP contribution in [0, 0.1) is 5.82 Å². The first-order valence-corrected chi connectivity index (χ1v) is 6.14. The number of para-hydroxylation sites is 1. The Morgan fingerprint density at radius 1 is 1.35 bits per heavy atom. The van der Waals surface area contributed by atoms with E-state index in [1.165, 1.54) is 6.07 Å². The van der Waals surface area contributed by atoms with E-state index < -0.39 is 0 Å². The molecule has 1 heterocycles. The summed E-state index contributed by atoms with van der Waals surface area (Å²) in [6.07, 6.45) is 0. The number of aromatic nitrogens is 1. The molecule has 0 atom stereocenters. The van der Waals surface area contributed by atoms with Crippen molar-refractivity contribution in [3.05, 3.63) is 35.8 Å². The van der Waals surface area contributed by atoms with Gasteiger partial charge in [0, 0.05) is 23.7 Å². The van der Waals surface area contributed by atoms with E-state index >= 15 is 0 Å². The first-order chi connectivity index (χ1) is 8.15. The maximum atomic E-state index is 13.9. The number of hydrogen-bond acceptors (Lipinski definition) is 1. The molecule has 1 aromatic carbocycles. The second kappa shape index (κ2) is 4.88. The van der Waals surface area contributed by atoms with Gasteiger partial charge in [0.05, 0.1) is 5.52 Å². The van der Waals surface area contributed by atoms with Crippen LogP contribution in [-0.4, -0.2) is 11.1 Å². The summed E-state index contributed by atoms with van der Waals surface area (Å²) in [6.45, 7) is 7.94. The van der Waals surface area contributed by atoms with E-state index in [1.54, 1.807) is 6.07 Å². The zero-order chi connectivity index (χ0) is 12.4. The molecule has 3 heteroatoms. The van der Waals surface area contributed by atoms with Crippen molar-refractivity contribution in [2.45, 2.75) is 33.4 Å². The van der Waals surface area contributed by atoms with Crippen molar-refractivity contribution in [3.63, 3.8) is 0 Å². The molecular formula is C14H19FN2. The average Bonchev–Trinajstić information content (AvgIpc) is 2.66. The average molecular weight is 234 g/mol. The maximum absolute atomic E-state index is 13.9. The minimum Gasteiger partial charge on any atom is -0.338 e.